The summed E-state index contributed by atoms with van der Waals surface area (Å²) in [6.07, 6.45) is 0.892. The lowest BCUT2D eigenvalue weighted by Crippen LogP contribution is -2.46. The van der Waals surface area contributed by atoms with E-state index in [4.69, 9.17) is 4.74 Å². The van der Waals surface area contributed by atoms with Crippen LogP contribution in [0.15, 0.2) is 0 Å². The van der Waals surface area contributed by atoms with E-state index in [9.17, 15) is 4.79 Å². The molecule has 0 saturated carbocycles. The Hall–Kier alpha value is -0.0200. The predicted octanol–water partition coefficient (Wildman–Crippen LogP) is 0.317. The van der Waals surface area contributed by atoms with E-state index in [1.165, 1.54) is 0 Å². The fourth-order valence-electron chi connectivity index (χ4n) is 0.537. The summed E-state index contributed by atoms with van der Waals surface area (Å²) >= 11 is 1.74. The van der Waals surface area contributed by atoms with Crippen molar-refractivity contribution >= 4 is 18.0 Å². The number of hydrogen-bond acceptors (Lipinski definition) is 3. The van der Waals surface area contributed by atoms with Crippen molar-refractivity contribution in [3.63, 3.8) is 0 Å². The van der Waals surface area contributed by atoms with E-state index in [-0.39, 0.29) is 0 Å². The van der Waals surface area contributed by atoms with E-state index in [1.54, 1.807) is 18.9 Å². The molecule has 3 heteroatoms. The number of aldehydes is 1. The molecule has 1 rings (SSSR count). The largest absolute Gasteiger partial charge is 0.369 e. The second kappa shape index (κ2) is 2.07. The number of thioether (sulfide) groups is 1. The van der Waals surface area contributed by atoms with Gasteiger partial charge in [-0.2, -0.15) is 11.8 Å². The van der Waals surface area contributed by atoms with Gasteiger partial charge in [0, 0.05) is 18.6 Å². The van der Waals surface area contributed by atoms with Crippen molar-refractivity contribution in [2.75, 3.05) is 18.6 Å². The third kappa shape index (κ3) is 0.759. The molecule has 2 nitrogen and oxygen atoms in total. The van der Waals surface area contributed by atoms with Gasteiger partial charge < -0.3 is 9.53 Å². The SMILES string of the molecule is COC1(C=O)CSC1. The van der Waals surface area contributed by atoms with Crippen molar-refractivity contribution < 1.29 is 9.53 Å². The van der Waals surface area contributed by atoms with Crippen LogP contribution in [0.1, 0.15) is 0 Å². The summed E-state index contributed by atoms with van der Waals surface area (Å²) < 4.78 is 4.93. The number of hydrogen-bond donors (Lipinski definition) is 0. The van der Waals surface area contributed by atoms with Gasteiger partial charge in [0.15, 0.2) is 6.29 Å². The summed E-state index contributed by atoms with van der Waals surface area (Å²) in [7, 11) is 1.58. The quantitative estimate of drug-likeness (QED) is 0.506. The Kier molecular flexibility index (Phi) is 1.58. The fraction of sp³-hybridized carbons (Fsp3) is 0.800. The third-order valence-electron chi connectivity index (χ3n) is 1.31. The van der Waals surface area contributed by atoms with E-state index in [1.807, 2.05) is 0 Å². The highest BCUT2D eigenvalue weighted by Crippen LogP contribution is 2.29. The molecule has 0 aromatic carbocycles. The summed E-state index contributed by atoms with van der Waals surface area (Å²) in [5.41, 5.74) is -0.412. The lowest BCUT2D eigenvalue weighted by atomic mass is 10.1. The van der Waals surface area contributed by atoms with Crippen LogP contribution in [0, 0.1) is 0 Å². The van der Waals surface area contributed by atoms with Gasteiger partial charge in [0.2, 0.25) is 0 Å². The minimum Gasteiger partial charge on any atom is -0.369 e. The van der Waals surface area contributed by atoms with E-state index in [0.717, 1.165) is 17.8 Å². The van der Waals surface area contributed by atoms with Gasteiger partial charge in [-0.05, 0) is 0 Å². The summed E-state index contributed by atoms with van der Waals surface area (Å²) in [5.74, 6) is 1.65. The second-order valence-electron chi connectivity index (χ2n) is 1.88. The maximum absolute atomic E-state index is 10.2. The molecule has 1 heterocycles. The van der Waals surface area contributed by atoms with Gasteiger partial charge in [0.1, 0.15) is 5.60 Å². The van der Waals surface area contributed by atoms with Gasteiger partial charge in [0.25, 0.3) is 0 Å². The Balaban J connectivity index is 2.45. The van der Waals surface area contributed by atoms with Crippen LogP contribution in [0.25, 0.3) is 0 Å². The second-order valence-corrected chi connectivity index (χ2v) is 2.87. The van der Waals surface area contributed by atoms with E-state index in [2.05, 4.69) is 0 Å². The highest BCUT2D eigenvalue weighted by Gasteiger charge is 2.37. The molecule has 0 aromatic heterocycles. The number of carbonyl (C=O) groups is 1. The zero-order chi connectivity index (χ0) is 6.04. The molecule has 0 atom stereocenters. The van der Waals surface area contributed by atoms with Crippen molar-refractivity contribution in [3.05, 3.63) is 0 Å². The Morgan fingerprint density at radius 1 is 1.75 bits per heavy atom. The summed E-state index contributed by atoms with van der Waals surface area (Å²) in [6.45, 7) is 0. The van der Waals surface area contributed by atoms with Gasteiger partial charge in [-0.25, -0.2) is 0 Å². The number of rotatable bonds is 2. The first-order valence-corrected chi connectivity index (χ1v) is 3.58. The van der Waals surface area contributed by atoms with E-state index < -0.39 is 5.60 Å². The minimum atomic E-state index is -0.412. The fourth-order valence-corrected chi connectivity index (χ4v) is 1.52. The number of methoxy groups -OCH3 is 1. The first kappa shape index (κ1) is 6.11. The zero-order valence-corrected chi connectivity index (χ0v) is 5.53. The van der Waals surface area contributed by atoms with Crippen LogP contribution >= 0.6 is 11.8 Å². The van der Waals surface area contributed by atoms with Crippen molar-refractivity contribution in [3.8, 4) is 0 Å². The maximum atomic E-state index is 10.2. The highest BCUT2D eigenvalue weighted by atomic mass is 32.2. The number of carbonyl (C=O) groups excluding carboxylic acids is 1. The first-order valence-electron chi connectivity index (χ1n) is 2.42. The van der Waals surface area contributed by atoms with Crippen LogP contribution in [0.5, 0.6) is 0 Å². The molecule has 8 heavy (non-hydrogen) atoms. The van der Waals surface area contributed by atoms with Crippen molar-refractivity contribution in [1.29, 1.82) is 0 Å². The molecular weight excluding hydrogens is 124 g/mol. The van der Waals surface area contributed by atoms with Gasteiger partial charge >= 0.3 is 0 Å². The third-order valence-corrected chi connectivity index (χ3v) is 2.70. The Morgan fingerprint density at radius 2 is 2.38 bits per heavy atom. The Labute approximate surface area is 52.6 Å². The van der Waals surface area contributed by atoms with E-state index >= 15 is 0 Å². The van der Waals surface area contributed by atoms with Crippen LogP contribution in [0.4, 0.5) is 0 Å². The van der Waals surface area contributed by atoms with Crippen molar-refractivity contribution in [2.45, 2.75) is 5.60 Å². The monoisotopic (exact) mass is 132 g/mol. The minimum absolute atomic E-state index is 0.412. The first-order chi connectivity index (χ1) is 3.83. The maximum Gasteiger partial charge on any atom is 0.153 e. The molecule has 0 spiro atoms. The summed E-state index contributed by atoms with van der Waals surface area (Å²) in [5, 5.41) is 0. The number of ether oxygens (including phenoxy) is 1. The molecule has 1 fully saturated rings. The average molecular weight is 132 g/mol. The normalized spacial score (nSPS) is 24.1. The Bertz CT molecular complexity index is 93.1. The molecule has 0 amide bonds. The van der Waals surface area contributed by atoms with Crippen LogP contribution < -0.4 is 0 Å². The molecule has 0 aromatic rings. The topological polar surface area (TPSA) is 26.3 Å². The lowest BCUT2D eigenvalue weighted by Gasteiger charge is -2.33. The highest BCUT2D eigenvalue weighted by molar-refractivity contribution is 8.01. The smallest absolute Gasteiger partial charge is 0.153 e. The van der Waals surface area contributed by atoms with Crippen molar-refractivity contribution in [1.82, 2.24) is 0 Å². The average Bonchev–Trinajstić information content (AvgIpc) is 1.67. The zero-order valence-electron chi connectivity index (χ0n) is 4.72. The summed E-state index contributed by atoms with van der Waals surface area (Å²) in [4.78, 5) is 10.2. The van der Waals surface area contributed by atoms with Crippen LogP contribution in [-0.4, -0.2) is 30.5 Å². The standard InChI is InChI=1S/C5H8O2S/c1-7-5(2-6)3-8-4-5/h2H,3-4H2,1H3. The molecule has 46 valence electrons. The molecule has 1 aliphatic heterocycles. The molecule has 0 N–H and O–H groups in total. The molecule has 0 radical (unpaired) electrons. The Morgan fingerprint density at radius 3 is 2.38 bits per heavy atom. The van der Waals surface area contributed by atoms with Crippen LogP contribution in [0.3, 0.4) is 0 Å². The predicted molar refractivity (Wildman–Crippen MR) is 33.1 cm³/mol. The molecule has 1 aliphatic rings. The molecular formula is C5H8O2S. The van der Waals surface area contributed by atoms with Crippen molar-refractivity contribution in [2.24, 2.45) is 0 Å². The molecule has 1 saturated heterocycles. The van der Waals surface area contributed by atoms with Gasteiger partial charge in [0.05, 0.1) is 0 Å². The van der Waals surface area contributed by atoms with Gasteiger partial charge in [-0.1, -0.05) is 0 Å². The lowest BCUT2D eigenvalue weighted by molar-refractivity contribution is -0.123. The molecule has 0 unspecified atom stereocenters. The molecule has 0 bridgehead atoms. The van der Waals surface area contributed by atoms with Crippen LogP contribution in [-0.2, 0) is 9.53 Å². The van der Waals surface area contributed by atoms with Gasteiger partial charge in [-0.15, -0.1) is 0 Å². The van der Waals surface area contributed by atoms with Crippen LogP contribution in [0.2, 0.25) is 0 Å². The molecule has 0 aliphatic carbocycles. The van der Waals surface area contributed by atoms with E-state index in [0.29, 0.717) is 0 Å². The van der Waals surface area contributed by atoms with Gasteiger partial charge in [-0.3, -0.25) is 0 Å². The summed E-state index contributed by atoms with van der Waals surface area (Å²) in [6, 6.07) is 0.